The predicted octanol–water partition coefficient (Wildman–Crippen LogP) is 5.50. The number of ether oxygens (including phenoxy) is 1. The fourth-order valence-corrected chi connectivity index (χ4v) is 2.61. The van der Waals surface area contributed by atoms with E-state index in [1.54, 1.807) is 0 Å². The van der Waals surface area contributed by atoms with Gasteiger partial charge in [-0.25, -0.2) is 0 Å². The van der Waals surface area contributed by atoms with Gasteiger partial charge >= 0.3 is 5.97 Å². The van der Waals surface area contributed by atoms with Gasteiger partial charge in [0.05, 0.1) is 0 Å². The Kier molecular flexibility index (Phi) is 9.99. The lowest BCUT2D eigenvalue weighted by atomic mass is 9.96. The minimum absolute atomic E-state index is 0.0285. The van der Waals surface area contributed by atoms with Gasteiger partial charge in [-0.1, -0.05) is 59.3 Å². The van der Waals surface area contributed by atoms with Crippen LogP contribution in [0.1, 0.15) is 92.4 Å². The Balaban J connectivity index is 3.59. The third-order valence-corrected chi connectivity index (χ3v) is 3.27. The van der Waals surface area contributed by atoms with Crippen molar-refractivity contribution in [3.63, 3.8) is 0 Å². The van der Waals surface area contributed by atoms with Crippen molar-refractivity contribution in [2.75, 3.05) is 0 Å². The summed E-state index contributed by atoms with van der Waals surface area (Å²) in [6, 6.07) is 0. The molecular formula is C17H34O2. The summed E-state index contributed by atoms with van der Waals surface area (Å²) < 4.78 is 5.55. The topological polar surface area (TPSA) is 26.3 Å². The normalized spacial score (nSPS) is 11.9. The second kappa shape index (κ2) is 10.3. The zero-order chi connectivity index (χ0) is 14.7. The monoisotopic (exact) mass is 270 g/mol. The van der Waals surface area contributed by atoms with Crippen LogP contribution in [0.25, 0.3) is 0 Å². The highest BCUT2D eigenvalue weighted by molar-refractivity contribution is 5.69. The Labute approximate surface area is 120 Å². The maximum Gasteiger partial charge on any atom is 0.306 e. The Bertz CT molecular complexity index is 231. The summed E-state index contributed by atoms with van der Waals surface area (Å²) >= 11 is 0. The van der Waals surface area contributed by atoms with Crippen LogP contribution in [0, 0.1) is 5.92 Å². The predicted molar refractivity (Wildman–Crippen MR) is 82.2 cm³/mol. The van der Waals surface area contributed by atoms with Gasteiger partial charge in [0, 0.05) is 6.42 Å². The summed E-state index contributed by atoms with van der Waals surface area (Å²) in [5.41, 5.74) is -0.313. The SMILES string of the molecule is CCCCCCCCCC(=O)OC(C)(C)CC(C)C. The lowest BCUT2D eigenvalue weighted by Gasteiger charge is -2.27. The van der Waals surface area contributed by atoms with E-state index < -0.39 is 0 Å². The van der Waals surface area contributed by atoms with Crippen LogP contribution in [0.5, 0.6) is 0 Å². The van der Waals surface area contributed by atoms with Gasteiger partial charge in [-0.05, 0) is 32.6 Å². The highest BCUT2D eigenvalue weighted by atomic mass is 16.6. The molecule has 0 aromatic heterocycles. The van der Waals surface area contributed by atoms with E-state index in [9.17, 15) is 4.79 Å². The fraction of sp³-hybridized carbons (Fsp3) is 0.941. The Morgan fingerprint density at radius 1 is 1.00 bits per heavy atom. The maximum atomic E-state index is 11.8. The van der Waals surface area contributed by atoms with Crippen LogP contribution in [0.15, 0.2) is 0 Å². The largest absolute Gasteiger partial charge is 0.460 e. The molecule has 0 spiro atoms. The number of hydrogen-bond acceptors (Lipinski definition) is 2. The maximum absolute atomic E-state index is 11.8. The van der Waals surface area contributed by atoms with Crippen LogP contribution in [-0.2, 0) is 9.53 Å². The molecular weight excluding hydrogens is 236 g/mol. The fourth-order valence-electron chi connectivity index (χ4n) is 2.61. The number of unbranched alkanes of at least 4 members (excludes halogenated alkanes) is 6. The molecule has 19 heavy (non-hydrogen) atoms. The van der Waals surface area contributed by atoms with E-state index in [0.29, 0.717) is 12.3 Å². The third-order valence-electron chi connectivity index (χ3n) is 3.27. The first kappa shape index (κ1) is 18.5. The molecule has 0 aliphatic heterocycles. The zero-order valence-corrected chi connectivity index (χ0v) is 13.8. The number of hydrogen-bond donors (Lipinski definition) is 0. The van der Waals surface area contributed by atoms with Crippen molar-refractivity contribution in [1.82, 2.24) is 0 Å². The number of esters is 1. The minimum atomic E-state index is -0.313. The molecule has 0 atom stereocenters. The first-order valence-electron chi connectivity index (χ1n) is 8.09. The quantitative estimate of drug-likeness (QED) is 0.366. The summed E-state index contributed by atoms with van der Waals surface area (Å²) in [5.74, 6) is 0.528. The van der Waals surface area contributed by atoms with Crippen molar-refractivity contribution in [3.05, 3.63) is 0 Å². The Hall–Kier alpha value is -0.530. The molecule has 0 heterocycles. The molecule has 0 radical (unpaired) electrons. The van der Waals surface area contributed by atoms with Crippen molar-refractivity contribution in [3.8, 4) is 0 Å². The van der Waals surface area contributed by atoms with E-state index in [1.807, 2.05) is 13.8 Å². The van der Waals surface area contributed by atoms with E-state index in [4.69, 9.17) is 4.74 Å². The van der Waals surface area contributed by atoms with Crippen LogP contribution < -0.4 is 0 Å². The van der Waals surface area contributed by atoms with Crippen LogP contribution in [0.2, 0.25) is 0 Å². The highest BCUT2D eigenvalue weighted by Gasteiger charge is 2.23. The molecule has 2 heteroatoms. The minimum Gasteiger partial charge on any atom is -0.460 e. The van der Waals surface area contributed by atoms with Crippen LogP contribution in [0.3, 0.4) is 0 Å². The molecule has 0 saturated heterocycles. The van der Waals surface area contributed by atoms with E-state index >= 15 is 0 Å². The molecule has 0 unspecified atom stereocenters. The number of carbonyl (C=O) groups excluding carboxylic acids is 1. The Morgan fingerprint density at radius 3 is 2.05 bits per heavy atom. The van der Waals surface area contributed by atoms with E-state index in [-0.39, 0.29) is 11.6 Å². The average Bonchev–Trinajstić information content (AvgIpc) is 2.25. The molecule has 0 fully saturated rings. The van der Waals surface area contributed by atoms with E-state index in [1.165, 1.54) is 32.1 Å². The molecule has 2 nitrogen and oxygen atoms in total. The summed E-state index contributed by atoms with van der Waals surface area (Å²) in [7, 11) is 0. The summed E-state index contributed by atoms with van der Waals surface area (Å²) in [5, 5.41) is 0. The molecule has 0 aromatic rings. The smallest absolute Gasteiger partial charge is 0.306 e. The first-order valence-corrected chi connectivity index (χ1v) is 8.09. The van der Waals surface area contributed by atoms with Crippen molar-refractivity contribution in [2.24, 2.45) is 5.92 Å². The van der Waals surface area contributed by atoms with Gasteiger partial charge in [-0.2, -0.15) is 0 Å². The lowest BCUT2D eigenvalue weighted by Crippen LogP contribution is -2.29. The molecule has 0 aliphatic carbocycles. The van der Waals surface area contributed by atoms with Gasteiger partial charge in [-0.15, -0.1) is 0 Å². The number of carbonyl (C=O) groups is 1. The van der Waals surface area contributed by atoms with Gasteiger partial charge in [0.15, 0.2) is 0 Å². The lowest BCUT2D eigenvalue weighted by molar-refractivity contribution is -0.157. The second-order valence-electron chi connectivity index (χ2n) is 6.70. The van der Waals surface area contributed by atoms with E-state index in [0.717, 1.165) is 19.3 Å². The van der Waals surface area contributed by atoms with Crippen molar-refractivity contribution in [2.45, 2.75) is 98.0 Å². The van der Waals surface area contributed by atoms with Crippen LogP contribution >= 0.6 is 0 Å². The first-order chi connectivity index (χ1) is 8.87. The molecule has 0 amide bonds. The molecule has 0 aliphatic rings. The van der Waals surface area contributed by atoms with Gasteiger partial charge in [0.1, 0.15) is 5.60 Å². The van der Waals surface area contributed by atoms with Crippen LogP contribution in [-0.4, -0.2) is 11.6 Å². The standard InChI is InChI=1S/C17H34O2/c1-6-7-8-9-10-11-12-13-16(18)19-17(4,5)14-15(2)3/h15H,6-14H2,1-5H3. The molecule has 114 valence electrons. The van der Waals surface area contributed by atoms with Gasteiger partial charge in [-0.3, -0.25) is 4.79 Å². The summed E-state index contributed by atoms with van der Waals surface area (Å²) in [4.78, 5) is 11.8. The average molecular weight is 270 g/mol. The van der Waals surface area contributed by atoms with Crippen LogP contribution in [0.4, 0.5) is 0 Å². The summed E-state index contributed by atoms with van der Waals surface area (Å²) in [6.07, 6.45) is 10.2. The molecule has 0 saturated carbocycles. The second-order valence-corrected chi connectivity index (χ2v) is 6.70. The molecule has 0 aromatic carbocycles. The Morgan fingerprint density at radius 2 is 1.53 bits per heavy atom. The zero-order valence-electron chi connectivity index (χ0n) is 13.8. The highest BCUT2D eigenvalue weighted by Crippen LogP contribution is 2.21. The van der Waals surface area contributed by atoms with Crippen molar-refractivity contribution >= 4 is 5.97 Å². The van der Waals surface area contributed by atoms with Gasteiger partial charge < -0.3 is 4.74 Å². The molecule has 0 rings (SSSR count). The van der Waals surface area contributed by atoms with Crippen molar-refractivity contribution in [1.29, 1.82) is 0 Å². The molecule has 0 N–H and O–H groups in total. The number of rotatable bonds is 11. The summed E-state index contributed by atoms with van der Waals surface area (Å²) in [6.45, 7) is 10.6. The molecule has 0 bridgehead atoms. The van der Waals surface area contributed by atoms with Gasteiger partial charge in [0.2, 0.25) is 0 Å². The van der Waals surface area contributed by atoms with Crippen molar-refractivity contribution < 1.29 is 9.53 Å². The van der Waals surface area contributed by atoms with Gasteiger partial charge in [0.25, 0.3) is 0 Å². The third kappa shape index (κ3) is 12.3. The van der Waals surface area contributed by atoms with E-state index in [2.05, 4.69) is 20.8 Å².